The molecule has 0 saturated heterocycles. The molecular weight excluding hydrogens is 247 g/mol. The van der Waals surface area contributed by atoms with E-state index < -0.39 is 0 Å². The first-order valence-corrected chi connectivity index (χ1v) is 4.73. The van der Waals surface area contributed by atoms with Gasteiger partial charge in [0.05, 0.1) is 7.11 Å². The van der Waals surface area contributed by atoms with Gasteiger partial charge in [-0.1, -0.05) is 0 Å². The predicted octanol–water partition coefficient (Wildman–Crippen LogP) is 0.00190. The molecular formula is C8H10O2Sn. The van der Waals surface area contributed by atoms with E-state index in [0.29, 0.717) is 6.47 Å². The van der Waals surface area contributed by atoms with E-state index in [0.717, 1.165) is 0 Å². The summed E-state index contributed by atoms with van der Waals surface area (Å²) in [6.45, 7) is 0.375. The maximum absolute atomic E-state index is 8.95. The van der Waals surface area contributed by atoms with Crippen LogP contribution >= 0.6 is 0 Å². The first-order valence-electron chi connectivity index (χ1n) is 3.08. The van der Waals surface area contributed by atoms with Crippen molar-refractivity contribution in [2.45, 2.75) is 0 Å². The number of carbonyl (C=O) groups is 1. The minimum absolute atomic E-state index is 0.375. The first-order chi connectivity index (χ1) is 5.31. The molecule has 0 N–H and O–H groups in total. The summed E-state index contributed by atoms with van der Waals surface area (Å²) in [5, 5.41) is 0. The van der Waals surface area contributed by atoms with Crippen LogP contribution in [0.5, 0.6) is 0 Å². The second-order valence-electron chi connectivity index (χ2n) is 1.74. The Bertz CT molecular complexity index is 187. The minimum atomic E-state index is 0.375. The molecule has 3 heteroatoms. The molecule has 0 bridgehead atoms. The van der Waals surface area contributed by atoms with Crippen LogP contribution in [0.25, 0.3) is 0 Å². The van der Waals surface area contributed by atoms with Gasteiger partial charge in [-0.3, -0.25) is 4.79 Å². The van der Waals surface area contributed by atoms with Crippen molar-refractivity contribution in [2.24, 2.45) is 0 Å². The van der Waals surface area contributed by atoms with Crippen molar-refractivity contribution in [1.29, 1.82) is 0 Å². The number of hydrogen-bond donors (Lipinski definition) is 0. The summed E-state index contributed by atoms with van der Waals surface area (Å²) in [6, 6.07) is 10.5. The van der Waals surface area contributed by atoms with Gasteiger partial charge >= 0.3 is 56.4 Å². The molecule has 0 fully saturated rings. The van der Waals surface area contributed by atoms with E-state index >= 15 is 0 Å². The Balaban J connectivity index is 0.000000218. The molecule has 0 unspecified atom stereocenters. The van der Waals surface area contributed by atoms with Crippen molar-refractivity contribution in [3.8, 4) is 0 Å². The molecule has 58 valence electrons. The Morgan fingerprint density at radius 1 is 1.36 bits per heavy atom. The number of carbonyl (C=O) groups excluding carboxylic acids is 1. The van der Waals surface area contributed by atoms with Crippen LogP contribution in [0.4, 0.5) is 0 Å². The van der Waals surface area contributed by atoms with Gasteiger partial charge in [0.1, 0.15) is 0 Å². The van der Waals surface area contributed by atoms with Gasteiger partial charge in [0.2, 0.25) is 0 Å². The standard InChI is InChI=1S/C6H5.C2H4O2.Sn.H/c1-2-4-6-5-3-1;1-4-2-3;;/h1-5H;2H,1H3;;. The number of rotatable bonds is 1. The SMILES string of the molecule is COC=O.[SnH][c]1ccccc1. The van der Waals surface area contributed by atoms with Gasteiger partial charge in [-0.25, -0.2) is 0 Å². The Morgan fingerprint density at radius 3 is 2.00 bits per heavy atom. The number of methoxy groups -OCH3 is 1. The topological polar surface area (TPSA) is 26.3 Å². The van der Waals surface area contributed by atoms with Crippen molar-refractivity contribution >= 4 is 32.6 Å². The molecule has 0 spiro atoms. The second-order valence-corrected chi connectivity index (χ2v) is 3.65. The van der Waals surface area contributed by atoms with Gasteiger partial charge in [-0.15, -0.1) is 0 Å². The Morgan fingerprint density at radius 2 is 1.82 bits per heavy atom. The van der Waals surface area contributed by atoms with E-state index in [1.165, 1.54) is 33.2 Å². The molecule has 1 aromatic rings. The Hall–Kier alpha value is -0.511. The molecule has 11 heavy (non-hydrogen) atoms. The summed E-state index contributed by atoms with van der Waals surface area (Å²) >= 11 is 1.23. The normalized spacial score (nSPS) is 7.45. The van der Waals surface area contributed by atoms with E-state index in [-0.39, 0.29) is 0 Å². The third-order valence-corrected chi connectivity index (χ3v) is 1.99. The van der Waals surface area contributed by atoms with Gasteiger partial charge in [0, 0.05) is 0 Å². The average Bonchev–Trinajstić information content (AvgIpc) is 2.07. The van der Waals surface area contributed by atoms with Gasteiger partial charge in [0.15, 0.2) is 0 Å². The third kappa shape index (κ3) is 7.38. The Kier molecular flexibility index (Phi) is 7.24. The summed E-state index contributed by atoms with van der Waals surface area (Å²) in [4.78, 5) is 8.95. The molecule has 0 saturated carbocycles. The number of ether oxygens (including phenoxy) is 1. The molecule has 0 aliphatic carbocycles. The van der Waals surface area contributed by atoms with Crippen molar-refractivity contribution < 1.29 is 9.53 Å². The van der Waals surface area contributed by atoms with Crippen LogP contribution in [0.3, 0.4) is 0 Å². The molecule has 0 aromatic heterocycles. The van der Waals surface area contributed by atoms with Gasteiger partial charge in [0.25, 0.3) is 6.47 Å². The fraction of sp³-hybridized carbons (Fsp3) is 0.125. The Labute approximate surface area is 79.7 Å². The molecule has 0 amide bonds. The number of benzene rings is 1. The summed E-state index contributed by atoms with van der Waals surface area (Å²) in [5.41, 5.74) is 0. The molecule has 2 nitrogen and oxygen atoms in total. The van der Waals surface area contributed by atoms with Crippen LogP contribution in [0.2, 0.25) is 0 Å². The van der Waals surface area contributed by atoms with Crippen LogP contribution in [0, 0.1) is 0 Å². The zero-order valence-electron chi connectivity index (χ0n) is 6.36. The zero-order valence-corrected chi connectivity index (χ0v) is 9.65. The predicted molar refractivity (Wildman–Crippen MR) is 46.3 cm³/mol. The monoisotopic (exact) mass is 258 g/mol. The molecule has 2 radical (unpaired) electrons. The van der Waals surface area contributed by atoms with Crippen LogP contribution in [-0.4, -0.2) is 36.1 Å². The quantitative estimate of drug-likeness (QED) is 0.523. The summed E-state index contributed by atoms with van der Waals surface area (Å²) in [5.74, 6) is 0. The van der Waals surface area contributed by atoms with Crippen LogP contribution in [-0.2, 0) is 9.53 Å². The van der Waals surface area contributed by atoms with Gasteiger partial charge in [-0.2, -0.15) is 0 Å². The zero-order chi connectivity index (χ0) is 8.53. The van der Waals surface area contributed by atoms with Crippen molar-refractivity contribution in [2.75, 3.05) is 7.11 Å². The molecule has 0 aliphatic heterocycles. The van der Waals surface area contributed by atoms with Crippen molar-refractivity contribution in [3.05, 3.63) is 30.3 Å². The van der Waals surface area contributed by atoms with Gasteiger partial charge < -0.3 is 4.74 Å². The summed E-state index contributed by atoms with van der Waals surface area (Å²) in [7, 11) is 1.31. The number of hydrogen-bond acceptors (Lipinski definition) is 2. The van der Waals surface area contributed by atoms with E-state index in [4.69, 9.17) is 4.79 Å². The molecule has 1 rings (SSSR count). The van der Waals surface area contributed by atoms with Crippen molar-refractivity contribution in [1.82, 2.24) is 0 Å². The van der Waals surface area contributed by atoms with Gasteiger partial charge in [-0.05, 0) is 0 Å². The fourth-order valence-corrected chi connectivity index (χ4v) is 1.09. The van der Waals surface area contributed by atoms with E-state index in [1.54, 1.807) is 0 Å². The summed E-state index contributed by atoms with van der Waals surface area (Å²) < 4.78 is 5.31. The van der Waals surface area contributed by atoms with E-state index in [2.05, 4.69) is 29.0 Å². The van der Waals surface area contributed by atoms with Crippen LogP contribution in [0.15, 0.2) is 30.3 Å². The van der Waals surface area contributed by atoms with E-state index in [1.807, 2.05) is 6.07 Å². The molecule has 0 aliphatic rings. The van der Waals surface area contributed by atoms with Crippen LogP contribution < -0.4 is 3.58 Å². The van der Waals surface area contributed by atoms with Crippen molar-refractivity contribution in [3.63, 3.8) is 0 Å². The molecule has 0 heterocycles. The molecule has 0 atom stereocenters. The fourth-order valence-electron chi connectivity index (χ4n) is 0.453. The second kappa shape index (κ2) is 7.59. The molecule has 1 aromatic carbocycles. The summed E-state index contributed by atoms with van der Waals surface area (Å²) in [6.07, 6.45) is 0. The third-order valence-electron chi connectivity index (χ3n) is 0.896. The average molecular weight is 257 g/mol. The maximum atomic E-state index is 8.95. The van der Waals surface area contributed by atoms with Crippen LogP contribution in [0.1, 0.15) is 0 Å². The first kappa shape index (κ1) is 10.5. The van der Waals surface area contributed by atoms with E-state index in [9.17, 15) is 0 Å².